The number of carbonyl (C=O) groups is 1. The molecular weight excluding hydrogens is 242 g/mol. The lowest BCUT2D eigenvalue weighted by Crippen LogP contribution is -2.20. The summed E-state index contributed by atoms with van der Waals surface area (Å²) in [5, 5.41) is 9.75. The van der Waals surface area contributed by atoms with Gasteiger partial charge in [-0.25, -0.2) is 0 Å². The number of benzene rings is 1. The van der Waals surface area contributed by atoms with Gasteiger partial charge in [0.1, 0.15) is 5.75 Å². The lowest BCUT2D eigenvalue weighted by molar-refractivity contribution is -0.118. The van der Waals surface area contributed by atoms with Crippen molar-refractivity contribution in [2.45, 2.75) is 0 Å². The van der Waals surface area contributed by atoms with Gasteiger partial charge >= 0.3 is 0 Å². The summed E-state index contributed by atoms with van der Waals surface area (Å²) in [6.07, 6.45) is 0. The van der Waals surface area contributed by atoms with Gasteiger partial charge < -0.3 is 10.5 Å². The number of hydrogen-bond acceptors (Lipinski definition) is 7. The Balaban J connectivity index is 1.86. The standard InChI is InChI=1S/C9H9N5O2S/c10-6-3-1-2-4-7(6)16-5-8(15)11-9-12-13-14-17-9/h1-4H,5,10H2,(H,11,12,14,15). The highest BCUT2D eigenvalue weighted by molar-refractivity contribution is 7.09. The number of nitrogens with two attached hydrogens (primary N) is 1. The number of anilines is 2. The van der Waals surface area contributed by atoms with Crippen LogP contribution in [0, 0.1) is 0 Å². The van der Waals surface area contributed by atoms with Crippen molar-refractivity contribution in [3.63, 3.8) is 0 Å². The largest absolute Gasteiger partial charge is 0.482 e. The minimum atomic E-state index is -0.341. The molecule has 1 heterocycles. The van der Waals surface area contributed by atoms with Gasteiger partial charge in [0.15, 0.2) is 6.61 Å². The zero-order chi connectivity index (χ0) is 12.1. The Morgan fingerprint density at radius 2 is 2.29 bits per heavy atom. The maximum Gasteiger partial charge on any atom is 0.264 e. The molecule has 0 spiro atoms. The van der Waals surface area contributed by atoms with E-state index in [4.69, 9.17) is 10.5 Å². The molecule has 7 nitrogen and oxygen atoms in total. The van der Waals surface area contributed by atoms with Crippen LogP contribution in [0.1, 0.15) is 0 Å². The number of nitrogens with one attached hydrogen (secondary N) is 1. The van der Waals surface area contributed by atoms with E-state index >= 15 is 0 Å². The highest BCUT2D eigenvalue weighted by Gasteiger charge is 2.07. The van der Waals surface area contributed by atoms with Crippen LogP contribution < -0.4 is 15.8 Å². The quantitative estimate of drug-likeness (QED) is 0.768. The van der Waals surface area contributed by atoms with Gasteiger partial charge in [-0.1, -0.05) is 21.7 Å². The van der Waals surface area contributed by atoms with Crippen molar-refractivity contribution >= 4 is 28.3 Å². The fourth-order valence-corrected chi connectivity index (χ4v) is 1.48. The monoisotopic (exact) mass is 251 g/mol. The number of hydrogen-bond donors (Lipinski definition) is 2. The van der Waals surface area contributed by atoms with Gasteiger partial charge in [-0.05, 0) is 17.3 Å². The molecule has 0 unspecified atom stereocenters. The molecule has 0 saturated carbocycles. The second-order valence-corrected chi connectivity index (χ2v) is 3.77. The highest BCUT2D eigenvalue weighted by atomic mass is 32.1. The molecule has 0 saturated heterocycles. The van der Waals surface area contributed by atoms with Crippen molar-refractivity contribution in [1.82, 2.24) is 14.8 Å². The molecule has 88 valence electrons. The van der Waals surface area contributed by atoms with Gasteiger partial charge in [0.2, 0.25) is 5.13 Å². The average molecular weight is 251 g/mol. The first-order valence-corrected chi connectivity index (χ1v) is 5.45. The van der Waals surface area contributed by atoms with Gasteiger partial charge in [-0.3, -0.25) is 10.1 Å². The van der Waals surface area contributed by atoms with Crippen molar-refractivity contribution in [2.75, 3.05) is 17.7 Å². The van der Waals surface area contributed by atoms with E-state index in [9.17, 15) is 4.79 Å². The number of aromatic nitrogens is 3. The number of para-hydroxylation sites is 2. The van der Waals surface area contributed by atoms with Crippen LogP contribution in [-0.2, 0) is 4.79 Å². The van der Waals surface area contributed by atoms with E-state index in [2.05, 4.69) is 20.1 Å². The fourth-order valence-electron chi connectivity index (χ4n) is 1.09. The molecular formula is C9H9N5O2S. The summed E-state index contributed by atoms with van der Waals surface area (Å²) >= 11 is 0.992. The van der Waals surface area contributed by atoms with Crippen LogP contribution in [0.15, 0.2) is 24.3 Å². The Bertz CT molecular complexity index is 502. The van der Waals surface area contributed by atoms with E-state index in [-0.39, 0.29) is 12.5 Å². The number of carbonyl (C=O) groups excluding carboxylic acids is 1. The van der Waals surface area contributed by atoms with E-state index in [1.165, 1.54) is 0 Å². The third kappa shape index (κ3) is 3.11. The second-order valence-electron chi connectivity index (χ2n) is 3.04. The van der Waals surface area contributed by atoms with E-state index in [1.54, 1.807) is 24.3 Å². The van der Waals surface area contributed by atoms with Crippen LogP contribution >= 0.6 is 11.5 Å². The molecule has 1 amide bonds. The minimum Gasteiger partial charge on any atom is -0.482 e. The van der Waals surface area contributed by atoms with E-state index in [1.807, 2.05) is 0 Å². The topological polar surface area (TPSA) is 103 Å². The van der Waals surface area contributed by atoms with Crippen LogP contribution in [0.4, 0.5) is 10.8 Å². The first-order chi connectivity index (χ1) is 8.25. The van der Waals surface area contributed by atoms with Crippen LogP contribution in [-0.4, -0.2) is 27.3 Å². The van der Waals surface area contributed by atoms with Crippen molar-refractivity contribution in [3.05, 3.63) is 24.3 Å². The lowest BCUT2D eigenvalue weighted by Gasteiger charge is -2.07. The molecule has 17 heavy (non-hydrogen) atoms. The van der Waals surface area contributed by atoms with Gasteiger partial charge in [0.05, 0.1) is 5.69 Å². The molecule has 1 aromatic heterocycles. The molecule has 0 aliphatic carbocycles. The van der Waals surface area contributed by atoms with E-state index in [0.29, 0.717) is 16.6 Å². The number of amides is 1. The van der Waals surface area contributed by atoms with Gasteiger partial charge in [-0.15, -0.1) is 0 Å². The molecule has 0 fully saturated rings. The zero-order valence-electron chi connectivity index (χ0n) is 8.66. The molecule has 0 aliphatic heterocycles. The number of rotatable bonds is 4. The van der Waals surface area contributed by atoms with Crippen molar-refractivity contribution in [2.24, 2.45) is 0 Å². The van der Waals surface area contributed by atoms with Crippen LogP contribution in [0.5, 0.6) is 5.75 Å². The average Bonchev–Trinajstić information content (AvgIpc) is 2.81. The molecule has 2 aromatic rings. The third-order valence-corrected chi connectivity index (χ3v) is 2.33. The molecule has 1 aromatic carbocycles. The SMILES string of the molecule is Nc1ccccc1OCC(=O)Nc1nnns1. The first kappa shape index (κ1) is 11.3. The Labute approximate surface area is 101 Å². The molecule has 8 heteroatoms. The number of nitrogens with zero attached hydrogens (tertiary/aromatic N) is 3. The van der Waals surface area contributed by atoms with E-state index < -0.39 is 0 Å². The smallest absolute Gasteiger partial charge is 0.264 e. The van der Waals surface area contributed by atoms with Crippen molar-refractivity contribution < 1.29 is 9.53 Å². The third-order valence-electron chi connectivity index (χ3n) is 1.82. The summed E-state index contributed by atoms with van der Waals surface area (Å²) < 4.78 is 8.76. The van der Waals surface area contributed by atoms with Gasteiger partial charge in [0, 0.05) is 11.5 Å². The fraction of sp³-hybridized carbons (Fsp3) is 0.111. The minimum absolute atomic E-state index is 0.145. The molecule has 2 rings (SSSR count). The van der Waals surface area contributed by atoms with Crippen LogP contribution in [0.25, 0.3) is 0 Å². The van der Waals surface area contributed by atoms with Crippen molar-refractivity contribution in [1.29, 1.82) is 0 Å². The highest BCUT2D eigenvalue weighted by Crippen LogP contribution is 2.19. The molecule has 0 bridgehead atoms. The predicted molar refractivity (Wildman–Crippen MR) is 62.7 cm³/mol. The lowest BCUT2D eigenvalue weighted by atomic mass is 10.3. The maximum atomic E-state index is 11.4. The number of nitrogen functional groups attached to an aromatic ring is 1. The Morgan fingerprint density at radius 3 is 3.00 bits per heavy atom. The summed E-state index contributed by atoms with van der Waals surface area (Å²) in [4.78, 5) is 11.4. The molecule has 3 N–H and O–H groups in total. The van der Waals surface area contributed by atoms with E-state index in [0.717, 1.165) is 11.5 Å². The maximum absolute atomic E-state index is 11.4. The predicted octanol–water partition coefficient (Wildman–Crippen LogP) is 0.533. The summed E-state index contributed by atoms with van der Waals surface area (Å²) in [5.74, 6) is 0.129. The summed E-state index contributed by atoms with van der Waals surface area (Å²) in [7, 11) is 0. The summed E-state index contributed by atoms with van der Waals surface area (Å²) in [6, 6.07) is 6.95. The number of ether oxygens (including phenoxy) is 1. The van der Waals surface area contributed by atoms with Crippen LogP contribution in [0.2, 0.25) is 0 Å². The molecule has 0 radical (unpaired) electrons. The first-order valence-electron chi connectivity index (χ1n) is 4.68. The van der Waals surface area contributed by atoms with Gasteiger partial charge in [0.25, 0.3) is 5.91 Å². The normalized spacial score (nSPS) is 9.88. The van der Waals surface area contributed by atoms with Crippen molar-refractivity contribution in [3.8, 4) is 5.75 Å². The molecule has 0 atom stereocenters. The Kier molecular flexibility index (Phi) is 3.46. The Morgan fingerprint density at radius 1 is 1.47 bits per heavy atom. The Hall–Kier alpha value is -2.22. The molecule has 0 aliphatic rings. The summed E-state index contributed by atoms with van der Waals surface area (Å²) in [5.41, 5.74) is 6.14. The second kappa shape index (κ2) is 5.21. The zero-order valence-corrected chi connectivity index (χ0v) is 9.48. The van der Waals surface area contributed by atoms with Crippen LogP contribution in [0.3, 0.4) is 0 Å². The van der Waals surface area contributed by atoms with Gasteiger partial charge in [-0.2, -0.15) is 0 Å². The summed E-state index contributed by atoms with van der Waals surface area (Å²) in [6.45, 7) is -0.145.